The molecule has 2 rings (SSSR count). The number of nitrogens with two attached hydrogens (primary N) is 1. The number of hydrogen-bond donors (Lipinski definition) is 2. The topological polar surface area (TPSA) is 107 Å². The first-order valence-corrected chi connectivity index (χ1v) is 8.29. The molecule has 0 atom stereocenters. The minimum absolute atomic E-state index is 0.0536. The molecular weight excluding hydrogens is 292 g/mol. The summed E-state index contributed by atoms with van der Waals surface area (Å²) >= 11 is 0. The summed E-state index contributed by atoms with van der Waals surface area (Å²) in [4.78, 5) is 11.8. The van der Waals surface area contributed by atoms with Crippen LogP contribution in [0.2, 0.25) is 0 Å². The quantitative estimate of drug-likeness (QED) is 0.769. The molecule has 0 saturated heterocycles. The Balaban J connectivity index is 2.06. The molecule has 0 saturated carbocycles. The molecule has 2 aromatic rings. The molecule has 0 fully saturated rings. The molecule has 0 unspecified atom stereocenters. The summed E-state index contributed by atoms with van der Waals surface area (Å²) < 4.78 is 23.5. The SMILES string of the molecule is CS(=O)(=O)CCNC(=O)c1ccn(-c2ccccc2N)n1. The largest absolute Gasteiger partial charge is 0.397 e. The third-order valence-electron chi connectivity index (χ3n) is 2.76. The van der Waals surface area contributed by atoms with Gasteiger partial charge in [-0.3, -0.25) is 4.79 Å². The fourth-order valence-electron chi connectivity index (χ4n) is 1.72. The Bertz CT molecular complexity index is 752. The van der Waals surface area contributed by atoms with Crippen molar-refractivity contribution in [2.24, 2.45) is 0 Å². The first-order valence-electron chi connectivity index (χ1n) is 6.23. The van der Waals surface area contributed by atoms with E-state index in [0.717, 1.165) is 6.26 Å². The molecule has 0 aliphatic heterocycles. The van der Waals surface area contributed by atoms with Gasteiger partial charge < -0.3 is 11.1 Å². The predicted molar refractivity (Wildman–Crippen MR) is 80.0 cm³/mol. The highest BCUT2D eigenvalue weighted by Crippen LogP contribution is 2.15. The first-order chi connectivity index (χ1) is 9.87. The van der Waals surface area contributed by atoms with Crippen molar-refractivity contribution in [3.63, 3.8) is 0 Å². The van der Waals surface area contributed by atoms with Crippen molar-refractivity contribution in [2.45, 2.75) is 0 Å². The van der Waals surface area contributed by atoms with Crippen LogP contribution < -0.4 is 11.1 Å². The Morgan fingerprint density at radius 3 is 2.71 bits per heavy atom. The van der Waals surface area contributed by atoms with Gasteiger partial charge in [-0.25, -0.2) is 13.1 Å². The van der Waals surface area contributed by atoms with Crippen LogP contribution in [-0.2, 0) is 9.84 Å². The van der Waals surface area contributed by atoms with Crippen LogP contribution in [0.1, 0.15) is 10.5 Å². The van der Waals surface area contributed by atoms with Gasteiger partial charge in [0, 0.05) is 19.0 Å². The van der Waals surface area contributed by atoms with Gasteiger partial charge in [0.1, 0.15) is 9.84 Å². The number of rotatable bonds is 5. The second-order valence-corrected chi connectivity index (χ2v) is 6.85. The van der Waals surface area contributed by atoms with E-state index in [0.29, 0.717) is 11.4 Å². The van der Waals surface area contributed by atoms with Crippen LogP contribution in [0.3, 0.4) is 0 Å². The number of benzene rings is 1. The smallest absolute Gasteiger partial charge is 0.271 e. The van der Waals surface area contributed by atoms with E-state index in [2.05, 4.69) is 10.4 Å². The van der Waals surface area contributed by atoms with E-state index in [-0.39, 0.29) is 18.0 Å². The van der Waals surface area contributed by atoms with Crippen LogP contribution in [0, 0.1) is 0 Å². The van der Waals surface area contributed by atoms with Crippen LogP contribution >= 0.6 is 0 Å². The van der Waals surface area contributed by atoms with Crippen molar-refractivity contribution in [3.8, 4) is 5.69 Å². The van der Waals surface area contributed by atoms with E-state index in [1.807, 2.05) is 6.07 Å². The van der Waals surface area contributed by atoms with Gasteiger partial charge in [-0.15, -0.1) is 0 Å². The lowest BCUT2D eigenvalue weighted by atomic mass is 10.3. The van der Waals surface area contributed by atoms with Gasteiger partial charge in [0.05, 0.1) is 17.1 Å². The predicted octanol–water partition coefficient (Wildman–Crippen LogP) is 0.229. The van der Waals surface area contributed by atoms with Crippen molar-refractivity contribution >= 4 is 21.4 Å². The number of nitrogen functional groups attached to an aromatic ring is 1. The fraction of sp³-hybridized carbons (Fsp3) is 0.231. The second-order valence-electron chi connectivity index (χ2n) is 4.59. The van der Waals surface area contributed by atoms with Crippen LogP contribution in [0.25, 0.3) is 5.69 Å². The maximum atomic E-state index is 11.8. The van der Waals surface area contributed by atoms with Crippen molar-refractivity contribution in [3.05, 3.63) is 42.2 Å². The van der Waals surface area contributed by atoms with E-state index in [4.69, 9.17) is 5.73 Å². The Kier molecular flexibility index (Phi) is 4.27. The average molecular weight is 308 g/mol. The number of carbonyl (C=O) groups excluding carboxylic acids is 1. The number of anilines is 1. The van der Waals surface area contributed by atoms with Gasteiger partial charge in [0.15, 0.2) is 5.69 Å². The maximum absolute atomic E-state index is 11.8. The summed E-state index contributed by atoms with van der Waals surface area (Å²) in [6.45, 7) is 0.0536. The molecule has 1 amide bonds. The molecule has 0 spiro atoms. The number of nitrogens with one attached hydrogen (secondary N) is 1. The number of nitrogens with zero attached hydrogens (tertiary/aromatic N) is 2. The number of sulfone groups is 1. The zero-order chi connectivity index (χ0) is 15.5. The number of aromatic nitrogens is 2. The second kappa shape index (κ2) is 5.96. The summed E-state index contributed by atoms with van der Waals surface area (Å²) in [5, 5.41) is 6.64. The fourth-order valence-corrected chi connectivity index (χ4v) is 2.19. The molecule has 1 heterocycles. The lowest BCUT2D eigenvalue weighted by Crippen LogP contribution is -2.29. The van der Waals surface area contributed by atoms with Crippen LogP contribution in [0.15, 0.2) is 36.5 Å². The van der Waals surface area contributed by atoms with Crippen molar-refractivity contribution in [2.75, 3.05) is 24.3 Å². The third-order valence-corrected chi connectivity index (χ3v) is 3.71. The molecule has 0 aliphatic rings. The third kappa shape index (κ3) is 4.06. The molecule has 1 aromatic carbocycles. The molecule has 21 heavy (non-hydrogen) atoms. The number of para-hydroxylation sites is 2. The van der Waals surface area contributed by atoms with E-state index >= 15 is 0 Å². The number of carbonyl (C=O) groups is 1. The van der Waals surface area contributed by atoms with Crippen molar-refractivity contribution in [1.82, 2.24) is 15.1 Å². The van der Waals surface area contributed by atoms with Crippen LogP contribution in [-0.4, -0.2) is 42.7 Å². The Morgan fingerprint density at radius 2 is 2.05 bits per heavy atom. The van der Waals surface area contributed by atoms with Crippen molar-refractivity contribution < 1.29 is 13.2 Å². The van der Waals surface area contributed by atoms with E-state index in [1.54, 1.807) is 30.5 Å². The highest BCUT2D eigenvalue weighted by molar-refractivity contribution is 7.90. The molecule has 0 radical (unpaired) electrons. The normalized spacial score (nSPS) is 11.3. The van der Waals surface area contributed by atoms with Gasteiger partial charge in [-0.1, -0.05) is 12.1 Å². The molecule has 0 aliphatic carbocycles. The lowest BCUT2D eigenvalue weighted by Gasteiger charge is -2.05. The van der Waals surface area contributed by atoms with Gasteiger partial charge in [-0.2, -0.15) is 5.10 Å². The van der Waals surface area contributed by atoms with Crippen molar-refractivity contribution in [1.29, 1.82) is 0 Å². The Morgan fingerprint density at radius 1 is 1.33 bits per heavy atom. The van der Waals surface area contributed by atoms with Crippen LogP contribution in [0.5, 0.6) is 0 Å². The highest BCUT2D eigenvalue weighted by atomic mass is 32.2. The first kappa shape index (κ1) is 15.0. The van der Waals surface area contributed by atoms with Gasteiger partial charge in [0.25, 0.3) is 5.91 Å². The summed E-state index contributed by atoms with van der Waals surface area (Å²) in [5.41, 5.74) is 7.26. The zero-order valence-electron chi connectivity index (χ0n) is 11.5. The summed E-state index contributed by atoms with van der Waals surface area (Å²) in [6.07, 6.45) is 2.74. The van der Waals surface area contributed by atoms with Gasteiger partial charge >= 0.3 is 0 Å². The number of amides is 1. The van der Waals surface area contributed by atoms with E-state index in [1.165, 1.54) is 4.68 Å². The van der Waals surface area contributed by atoms with Crippen LogP contribution in [0.4, 0.5) is 5.69 Å². The molecule has 1 aromatic heterocycles. The maximum Gasteiger partial charge on any atom is 0.271 e. The number of hydrogen-bond acceptors (Lipinski definition) is 5. The average Bonchev–Trinajstić information content (AvgIpc) is 2.87. The standard InChI is InChI=1S/C13H16N4O3S/c1-21(19,20)9-7-15-13(18)11-6-8-17(16-11)12-5-3-2-4-10(12)14/h2-6,8H,7,9,14H2,1H3,(H,15,18). The monoisotopic (exact) mass is 308 g/mol. The molecule has 3 N–H and O–H groups in total. The molecule has 8 heteroatoms. The van der Waals surface area contributed by atoms with E-state index in [9.17, 15) is 13.2 Å². The Hall–Kier alpha value is -2.35. The van der Waals surface area contributed by atoms with Gasteiger partial charge in [-0.05, 0) is 18.2 Å². The van der Waals surface area contributed by atoms with Gasteiger partial charge in [0.2, 0.25) is 0 Å². The minimum atomic E-state index is -3.10. The minimum Gasteiger partial charge on any atom is -0.397 e. The zero-order valence-corrected chi connectivity index (χ0v) is 12.3. The molecule has 0 bridgehead atoms. The molecule has 112 valence electrons. The lowest BCUT2D eigenvalue weighted by molar-refractivity contribution is 0.0950. The Labute approximate surface area is 122 Å². The summed E-state index contributed by atoms with van der Waals surface area (Å²) in [6, 6.07) is 8.69. The highest BCUT2D eigenvalue weighted by Gasteiger charge is 2.11. The van der Waals surface area contributed by atoms with E-state index < -0.39 is 15.7 Å². The molecule has 7 nitrogen and oxygen atoms in total. The summed E-state index contributed by atoms with van der Waals surface area (Å²) in [5.74, 6) is -0.530. The molecular formula is C13H16N4O3S. The summed E-state index contributed by atoms with van der Waals surface area (Å²) in [7, 11) is -3.10.